The summed E-state index contributed by atoms with van der Waals surface area (Å²) in [6.07, 6.45) is -1.91. The number of benzene rings is 2. The Hall–Kier alpha value is -3.35. The molecule has 11 nitrogen and oxygen atoms in total. The van der Waals surface area contributed by atoms with Crippen molar-refractivity contribution in [2.24, 2.45) is 0 Å². The summed E-state index contributed by atoms with van der Waals surface area (Å²) in [7, 11) is 2.83. The topological polar surface area (TPSA) is 157 Å². The SMILES string of the molecule is COc1cc(C(O)C(CO)Oc2c(C=O)cc(CCCO)cc2OC)ccc1OC1OC2OC2=CC1O. The summed E-state index contributed by atoms with van der Waals surface area (Å²) in [5.41, 5.74) is 1.29. The van der Waals surface area contributed by atoms with E-state index >= 15 is 0 Å². The second kappa shape index (κ2) is 11.8. The first kappa shape index (κ1) is 26.7. The van der Waals surface area contributed by atoms with E-state index in [1.165, 1.54) is 32.4 Å². The van der Waals surface area contributed by atoms with Crippen LogP contribution < -0.4 is 18.9 Å². The molecule has 200 valence electrons. The molecule has 2 aliphatic rings. The second-order valence-corrected chi connectivity index (χ2v) is 8.49. The average molecular weight is 519 g/mol. The summed E-state index contributed by atoms with van der Waals surface area (Å²) < 4.78 is 33.0. The summed E-state index contributed by atoms with van der Waals surface area (Å²) in [4.78, 5) is 11.8. The van der Waals surface area contributed by atoms with Crippen molar-refractivity contribution in [3.05, 3.63) is 58.9 Å². The highest BCUT2D eigenvalue weighted by Crippen LogP contribution is 2.39. The Morgan fingerprint density at radius 1 is 1.08 bits per heavy atom. The number of hydrogen-bond acceptors (Lipinski definition) is 11. The molecule has 2 aliphatic heterocycles. The number of epoxide rings is 1. The maximum absolute atomic E-state index is 11.8. The lowest BCUT2D eigenvalue weighted by Gasteiger charge is -2.26. The number of aliphatic hydroxyl groups excluding tert-OH is 4. The van der Waals surface area contributed by atoms with Gasteiger partial charge in [-0.05, 0) is 54.3 Å². The Balaban J connectivity index is 1.53. The summed E-state index contributed by atoms with van der Waals surface area (Å²) in [5.74, 6) is 1.39. The Bertz CT molecular complexity index is 1130. The van der Waals surface area contributed by atoms with Crippen molar-refractivity contribution in [2.45, 2.75) is 43.7 Å². The van der Waals surface area contributed by atoms with Crippen LogP contribution in [0.3, 0.4) is 0 Å². The lowest BCUT2D eigenvalue weighted by Crippen LogP contribution is -2.36. The first-order valence-corrected chi connectivity index (χ1v) is 11.7. The third-order valence-corrected chi connectivity index (χ3v) is 5.98. The fourth-order valence-electron chi connectivity index (χ4n) is 3.98. The van der Waals surface area contributed by atoms with Crippen molar-refractivity contribution < 1.29 is 53.6 Å². The van der Waals surface area contributed by atoms with Gasteiger partial charge >= 0.3 is 0 Å². The van der Waals surface area contributed by atoms with Crippen LogP contribution in [-0.2, 0) is 15.9 Å². The van der Waals surface area contributed by atoms with Gasteiger partial charge in [0.05, 0.1) is 26.4 Å². The first-order chi connectivity index (χ1) is 17.9. The minimum Gasteiger partial charge on any atom is -0.493 e. The molecule has 0 saturated carbocycles. The normalized spacial score (nSPS) is 21.6. The van der Waals surface area contributed by atoms with Gasteiger partial charge in [0, 0.05) is 6.61 Å². The van der Waals surface area contributed by atoms with Crippen molar-refractivity contribution in [1.29, 1.82) is 0 Å². The highest BCUT2D eigenvalue weighted by atomic mass is 16.8. The number of methoxy groups -OCH3 is 2. The number of fused-ring (bicyclic) bond motifs is 1. The number of rotatable bonds is 13. The first-order valence-electron chi connectivity index (χ1n) is 11.7. The molecule has 0 amide bonds. The van der Waals surface area contributed by atoms with E-state index in [4.69, 9.17) is 33.5 Å². The van der Waals surface area contributed by atoms with Gasteiger partial charge in [-0.1, -0.05) is 6.07 Å². The molecule has 0 radical (unpaired) electrons. The molecule has 0 aliphatic carbocycles. The van der Waals surface area contributed by atoms with Gasteiger partial charge in [-0.3, -0.25) is 9.53 Å². The minimum absolute atomic E-state index is 0.00420. The molecule has 37 heavy (non-hydrogen) atoms. The number of hydrogen-bond donors (Lipinski definition) is 4. The van der Waals surface area contributed by atoms with E-state index in [9.17, 15) is 20.1 Å². The predicted octanol–water partition coefficient (Wildman–Crippen LogP) is 1.25. The van der Waals surface area contributed by atoms with Crippen LogP contribution in [0.1, 0.15) is 34.0 Å². The molecule has 5 atom stereocenters. The van der Waals surface area contributed by atoms with Gasteiger partial charge in [-0.15, -0.1) is 0 Å². The molecule has 0 aromatic heterocycles. The summed E-state index contributed by atoms with van der Waals surface area (Å²) >= 11 is 0. The van der Waals surface area contributed by atoms with Crippen LogP contribution in [-0.4, -0.2) is 78.9 Å². The number of aryl methyl sites for hydroxylation is 1. The van der Waals surface area contributed by atoms with Crippen LogP contribution in [0.25, 0.3) is 0 Å². The molecule has 2 heterocycles. The lowest BCUT2D eigenvalue weighted by atomic mass is 10.0. The zero-order chi connectivity index (χ0) is 26.5. The third-order valence-electron chi connectivity index (χ3n) is 5.98. The molecule has 1 saturated heterocycles. The van der Waals surface area contributed by atoms with Gasteiger partial charge in [-0.25, -0.2) is 0 Å². The summed E-state index contributed by atoms with van der Waals surface area (Å²) in [6, 6.07) is 7.88. The van der Waals surface area contributed by atoms with Crippen LogP contribution in [0.15, 0.2) is 42.2 Å². The average Bonchev–Trinajstić information content (AvgIpc) is 3.68. The Kier molecular flexibility index (Phi) is 8.52. The fraction of sp³-hybridized carbons (Fsp3) is 0.423. The van der Waals surface area contributed by atoms with E-state index in [0.717, 1.165) is 5.56 Å². The monoisotopic (exact) mass is 518 g/mol. The summed E-state index contributed by atoms with van der Waals surface area (Å²) in [5, 5.41) is 40.3. The van der Waals surface area contributed by atoms with Crippen LogP contribution in [0.2, 0.25) is 0 Å². The standard InChI is InChI=1S/C26H30O11/c1-32-19-10-15(5-6-18(19)35-25-17(30)11-21-26(36-21)37-25)23(31)22(13-29)34-24-16(12-28)8-14(4-3-7-27)9-20(24)33-2/h5-6,8-12,17,22-23,25-27,29-31H,3-4,7,13H2,1-2H3. The molecule has 0 bridgehead atoms. The van der Waals surface area contributed by atoms with Crippen molar-refractivity contribution >= 4 is 6.29 Å². The number of aliphatic hydroxyl groups is 4. The van der Waals surface area contributed by atoms with Crippen molar-refractivity contribution in [3.63, 3.8) is 0 Å². The van der Waals surface area contributed by atoms with Crippen molar-refractivity contribution in [1.82, 2.24) is 0 Å². The van der Waals surface area contributed by atoms with E-state index in [1.54, 1.807) is 18.2 Å². The summed E-state index contributed by atoms with van der Waals surface area (Å²) in [6.45, 7) is -0.572. The maximum atomic E-state index is 11.8. The largest absolute Gasteiger partial charge is 0.493 e. The Morgan fingerprint density at radius 3 is 2.54 bits per heavy atom. The van der Waals surface area contributed by atoms with Crippen LogP contribution in [0.4, 0.5) is 0 Å². The quantitative estimate of drug-likeness (QED) is 0.223. The second-order valence-electron chi connectivity index (χ2n) is 8.49. The Labute approximate surface area is 213 Å². The van der Waals surface area contributed by atoms with E-state index in [1.807, 2.05) is 0 Å². The van der Waals surface area contributed by atoms with Gasteiger partial charge in [-0.2, -0.15) is 0 Å². The molecule has 0 spiro atoms. The number of ether oxygens (including phenoxy) is 6. The van der Waals surface area contributed by atoms with Gasteiger partial charge in [0.15, 0.2) is 41.1 Å². The maximum Gasteiger partial charge on any atom is 0.261 e. The molecular weight excluding hydrogens is 488 g/mol. The molecule has 4 N–H and O–H groups in total. The number of aldehydes is 1. The van der Waals surface area contributed by atoms with Crippen molar-refractivity contribution in [2.75, 3.05) is 27.4 Å². The molecule has 2 aromatic rings. The third kappa shape index (κ3) is 5.97. The van der Waals surface area contributed by atoms with Gasteiger partial charge in [0.1, 0.15) is 12.2 Å². The zero-order valence-corrected chi connectivity index (χ0v) is 20.4. The highest BCUT2D eigenvalue weighted by molar-refractivity contribution is 5.81. The van der Waals surface area contributed by atoms with Crippen LogP contribution >= 0.6 is 0 Å². The molecule has 11 heteroatoms. The highest BCUT2D eigenvalue weighted by Gasteiger charge is 2.44. The predicted molar refractivity (Wildman–Crippen MR) is 128 cm³/mol. The smallest absolute Gasteiger partial charge is 0.261 e. The number of carbonyl (C=O) groups excluding carboxylic acids is 1. The van der Waals surface area contributed by atoms with E-state index in [-0.39, 0.29) is 35.2 Å². The van der Waals surface area contributed by atoms with Gasteiger partial charge < -0.3 is 44.1 Å². The molecule has 2 aromatic carbocycles. The van der Waals surface area contributed by atoms with E-state index < -0.39 is 37.5 Å². The molecule has 5 unspecified atom stereocenters. The molecular formula is C26H30O11. The zero-order valence-electron chi connectivity index (χ0n) is 20.4. The number of carbonyl (C=O) groups is 1. The van der Waals surface area contributed by atoms with E-state index in [2.05, 4.69) is 0 Å². The van der Waals surface area contributed by atoms with Crippen molar-refractivity contribution in [3.8, 4) is 23.0 Å². The van der Waals surface area contributed by atoms with Crippen LogP contribution in [0, 0.1) is 0 Å². The van der Waals surface area contributed by atoms with Crippen LogP contribution in [0.5, 0.6) is 23.0 Å². The lowest BCUT2D eigenvalue weighted by molar-refractivity contribution is -0.159. The Morgan fingerprint density at radius 2 is 1.86 bits per heavy atom. The fourth-order valence-corrected chi connectivity index (χ4v) is 3.98. The molecule has 4 rings (SSSR count). The van der Waals surface area contributed by atoms with Gasteiger partial charge in [0.25, 0.3) is 6.29 Å². The minimum atomic E-state index is -1.33. The van der Waals surface area contributed by atoms with Gasteiger partial charge in [0.2, 0.25) is 6.29 Å². The molecule has 1 fully saturated rings. The van der Waals surface area contributed by atoms with E-state index in [0.29, 0.717) is 30.5 Å².